The molecule has 0 bridgehead atoms. The third-order valence-corrected chi connectivity index (χ3v) is 5.16. The van der Waals surface area contributed by atoms with Crippen molar-refractivity contribution in [3.63, 3.8) is 0 Å². The summed E-state index contributed by atoms with van der Waals surface area (Å²) < 4.78 is 5.39. The highest BCUT2D eigenvalue weighted by atomic mass is 16.5. The van der Waals surface area contributed by atoms with Crippen LogP contribution in [-0.2, 0) is 4.74 Å². The number of nitrogens with one attached hydrogen (secondary N) is 2. The maximum atomic E-state index is 12.1. The third-order valence-electron chi connectivity index (χ3n) is 5.16. The van der Waals surface area contributed by atoms with E-state index >= 15 is 0 Å². The molecule has 8 heteroatoms. The molecule has 4 rings (SSSR count). The number of hydrogen-bond acceptors (Lipinski definition) is 6. The van der Waals surface area contributed by atoms with Crippen LogP contribution in [0.25, 0.3) is 11.1 Å². The normalized spacial score (nSPS) is 14.5. The van der Waals surface area contributed by atoms with Crippen LogP contribution >= 0.6 is 0 Å². The zero-order chi connectivity index (χ0) is 21.1. The molecule has 0 fully saturated rings. The number of aliphatic hydroxyl groups is 2. The van der Waals surface area contributed by atoms with Crippen LogP contribution in [0, 0.1) is 0 Å². The Balaban J connectivity index is 1.34. The Kier molecular flexibility index (Phi) is 5.60. The first-order valence-corrected chi connectivity index (χ1v) is 9.54. The van der Waals surface area contributed by atoms with Crippen LogP contribution in [0.4, 0.5) is 4.79 Å². The molecule has 0 spiro atoms. The lowest BCUT2D eigenvalue weighted by atomic mass is 9.98. The van der Waals surface area contributed by atoms with E-state index in [2.05, 4.69) is 27.4 Å². The molecule has 0 radical (unpaired) electrons. The monoisotopic (exact) mass is 407 g/mol. The van der Waals surface area contributed by atoms with Crippen LogP contribution in [0.2, 0.25) is 0 Å². The van der Waals surface area contributed by atoms with Gasteiger partial charge in [-0.05, 0) is 22.3 Å². The van der Waals surface area contributed by atoms with Crippen molar-refractivity contribution in [1.82, 2.24) is 15.3 Å². The van der Waals surface area contributed by atoms with E-state index in [-0.39, 0.29) is 24.8 Å². The maximum absolute atomic E-state index is 12.1. The third kappa shape index (κ3) is 3.96. The first-order chi connectivity index (χ1) is 14.5. The summed E-state index contributed by atoms with van der Waals surface area (Å²) in [6.45, 7) is -0.0847. The van der Waals surface area contributed by atoms with Gasteiger partial charge in [0.15, 0.2) is 0 Å². The van der Waals surface area contributed by atoms with Crippen molar-refractivity contribution in [1.29, 1.82) is 0 Å². The number of amides is 1. The quantitative estimate of drug-likeness (QED) is 0.493. The summed E-state index contributed by atoms with van der Waals surface area (Å²) in [6, 6.07) is 16.0. The molecule has 1 aliphatic carbocycles. The van der Waals surface area contributed by atoms with E-state index in [1.807, 2.05) is 36.4 Å². The van der Waals surface area contributed by atoms with Crippen LogP contribution in [-0.4, -0.2) is 45.5 Å². The molecular weight excluding hydrogens is 386 g/mol. The van der Waals surface area contributed by atoms with Gasteiger partial charge in [-0.25, -0.2) is 4.79 Å². The summed E-state index contributed by atoms with van der Waals surface area (Å²) in [7, 11) is 0. The number of carbonyl (C=O) groups is 1. The van der Waals surface area contributed by atoms with Gasteiger partial charge in [0.2, 0.25) is 0 Å². The van der Waals surface area contributed by atoms with Gasteiger partial charge in [0, 0.05) is 18.7 Å². The van der Waals surface area contributed by atoms with Gasteiger partial charge >= 0.3 is 6.09 Å². The first kappa shape index (κ1) is 19.8. The average molecular weight is 407 g/mol. The summed E-state index contributed by atoms with van der Waals surface area (Å²) in [5.41, 5.74) is 4.15. The number of rotatable bonds is 6. The molecule has 3 aromatic rings. The Labute approximate surface area is 172 Å². The number of fused-ring (bicyclic) bond motifs is 3. The van der Waals surface area contributed by atoms with Crippen LogP contribution in [0.5, 0.6) is 0 Å². The topological polar surface area (TPSA) is 125 Å². The fraction of sp³-hybridized carbons (Fsp3) is 0.227. The van der Waals surface area contributed by atoms with E-state index in [1.165, 1.54) is 6.20 Å². The zero-order valence-corrected chi connectivity index (χ0v) is 16.0. The Morgan fingerprint density at radius 2 is 1.73 bits per heavy atom. The number of H-pyrrole nitrogens is 1. The lowest BCUT2D eigenvalue weighted by Crippen LogP contribution is -2.36. The first-order valence-electron chi connectivity index (χ1n) is 9.54. The molecule has 1 heterocycles. The van der Waals surface area contributed by atoms with Crippen LogP contribution < -0.4 is 10.9 Å². The SMILES string of the molecule is O=C(NCC(O)C(O)c1c[nH]c(=O)cn1)OCC1c2ccccc2-c2ccccc21. The van der Waals surface area contributed by atoms with Gasteiger partial charge in [-0.2, -0.15) is 0 Å². The Bertz CT molecular complexity index is 1050. The smallest absolute Gasteiger partial charge is 0.407 e. The largest absolute Gasteiger partial charge is 0.449 e. The van der Waals surface area contributed by atoms with Crippen LogP contribution in [0.15, 0.2) is 65.7 Å². The minimum atomic E-state index is -1.37. The van der Waals surface area contributed by atoms with E-state index in [4.69, 9.17) is 4.74 Å². The number of aliphatic hydroxyl groups excluding tert-OH is 2. The van der Waals surface area contributed by atoms with Crippen molar-refractivity contribution in [2.45, 2.75) is 18.1 Å². The van der Waals surface area contributed by atoms with Crippen molar-refractivity contribution in [2.75, 3.05) is 13.2 Å². The summed E-state index contributed by atoms with van der Waals surface area (Å²) in [4.78, 5) is 29.3. The summed E-state index contributed by atoms with van der Waals surface area (Å²) in [6.07, 6.45) is -1.16. The van der Waals surface area contributed by atoms with E-state index in [1.54, 1.807) is 0 Å². The molecule has 1 aromatic heterocycles. The number of benzene rings is 2. The lowest BCUT2D eigenvalue weighted by molar-refractivity contribution is 0.0158. The molecule has 0 saturated carbocycles. The highest BCUT2D eigenvalue weighted by molar-refractivity contribution is 5.79. The number of aromatic nitrogens is 2. The molecule has 1 amide bonds. The van der Waals surface area contributed by atoms with Crippen molar-refractivity contribution in [3.05, 3.63) is 88.1 Å². The van der Waals surface area contributed by atoms with Crippen molar-refractivity contribution in [2.24, 2.45) is 0 Å². The fourth-order valence-corrected chi connectivity index (χ4v) is 3.66. The van der Waals surface area contributed by atoms with Gasteiger partial charge in [0.25, 0.3) is 5.56 Å². The fourth-order valence-electron chi connectivity index (χ4n) is 3.66. The second kappa shape index (κ2) is 8.48. The van der Waals surface area contributed by atoms with Gasteiger partial charge in [-0.15, -0.1) is 0 Å². The number of nitrogens with zero attached hydrogens (tertiary/aromatic N) is 1. The predicted octanol–water partition coefficient (Wildman–Crippen LogP) is 1.70. The standard InChI is InChI=1S/C22H21N3O5/c26-19(21(28)18-9-24-20(27)11-23-18)10-25-22(29)30-12-17-15-7-3-1-5-13(15)14-6-2-4-8-16(14)17/h1-9,11,17,19,21,26,28H,10,12H2,(H,24,27)(H,25,29). The number of carbonyl (C=O) groups excluding carboxylic acids is 1. The Morgan fingerprint density at radius 1 is 1.10 bits per heavy atom. The maximum Gasteiger partial charge on any atom is 0.407 e. The highest BCUT2D eigenvalue weighted by Gasteiger charge is 2.29. The van der Waals surface area contributed by atoms with E-state index < -0.39 is 23.9 Å². The van der Waals surface area contributed by atoms with E-state index in [9.17, 15) is 19.8 Å². The van der Waals surface area contributed by atoms with Crippen LogP contribution in [0.3, 0.4) is 0 Å². The summed E-state index contributed by atoms with van der Waals surface area (Å²) in [5, 5.41) is 22.6. The van der Waals surface area contributed by atoms with Gasteiger partial charge in [-0.3, -0.25) is 9.78 Å². The summed E-state index contributed by atoms with van der Waals surface area (Å²) in [5.74, 6) is -0.0657. The van der Waals surface area contributed by atoms with Crippen LogP contribution in [0.1, 0.15) is 28.8 Å². The molecule has 0 saturated heterocycles. The number of hydrogen-bond donors (Lipinski definition) is 4. The molecule has 4 N–H and O–H groups in total. The van der Waals surface area contributed by atoms with Gasteiger partial charge in [0.1, 0.15) is 18.8 Å². The second-order valence-corrected chi connectivity index (χ2v) is 7.05. The average Bonchev–Trinajstić information content (AvgIpc) is 3.10. The molecule has 1 aliphatic rings. The van der Waals surface area contributed by atoms with Gasteiger partial charge in [-0.1, -0.05) is 48.5 Å². The molecule has 154 valence electrons. The lowest BCUT2D eigenvalue weighted by Gasteiger charge is -2.18. The minimum absolute atomic E-state index is 0.0657. The molecule has 2 aromatic carbocycles. The Hall–Kier alpha value is -3.49. The predicted molar refractivity (Wildman–Crippen MR) is 109 cm³/mol. The molecule has 2 atom stereocenters. The van der Waals surface area contributed by atoms with E-state index in [0.29, 0.717) is 0 Å². The molecule has 0 aliphatic heterocycles. The molecular formula is C22H21N3O5. The highest BCUT2D eigenvalue weighted by Crippen LogP contribution is 2.44. The number of ether oxygens (including phenoxy) is 1. The molecule has 2 unspecified atom stereocenters. The summed E-state index contributed by atoms with van der Waals surface area (Å²) >= 11 is 0. The zero-order valence-electron chi connectivity index (χ0n) is 16.0. The second-order valence-electron chi connectivity index (χ2n) is 7.05. The van der Waals surface area contributed by atoms with E-state index in [0.717, 1.165) is 28.5 Å². The number of aromatic amines is 1. The molecule has 8 nitrogen and oxygen atoms in total. The van der Waals surface area contributed by atoms with Gasteiger partial charge < -0.3 is 25.3 Å². The van der Waals surface area contributed by atoms with Crippen molar-refractivity contribution >= 4 is 6.09 Å². The minimum Gasteiger partial charge on any atom is -0.449 e. The Morgan fingerprint density at radius 3 is 2.33 bits per heavy atom. The van der Waals surface area contributed by atoms with Crippen molar-refractivity contribution in [3.8, 4) is 11.1 Å². The van der Waals surface area contributed by atoms with Crippen molar-refractivity contribution < 1.29 is 19.7 Å². The molecule has 30 heavy (non-hydrogen) atoms. The van der Waals surface area contributed by atoms with Gasteiger partial charge in [0.05, 0.1) is 11.9 Å². The number of alkyl carbamates (subject to hydrolysis) is 1.